The van der Waals surface area contributed by atoms with E-state index in [2.05, 4.69) is 51.8 Å². The molecule has 0 spiro atoms. The number of amides is 2. The van der Waals surface area contributed by atoms with Crippen LogP contribution in [0.2, 0.25) is 0 Å². The minimum absolute atomic E-state index is 0.0879. The van der Waals surface area contributed by atoms with Gasteiger partial charge in [0.2, 0.25) is 11.8 Å². The zero-order valence-electron chi connectivity index (χ0n) is 24.3. The lowest BCUT2D eigenvalue weighted by atomic mass is 10.1. The van der Waals surface area contributed by atoms with Gasteiger partial charge in [0, 0.05) is 50.7 Å². The number of hydrogen-bond donors (Lipinski definition) is 3. The van der Waals surface area contributed by atoms with Crippen LogP contribution < -0.4 is 16.1 Å². The quantitative estimate of drug-likeness (QED) is 0.131. The first kappa shape index (κ1) is 31.8. The first-order chi connectivity index (χ1) is 18.5. The van der Waals surface area contributed by atoms with E-state index in [0.717, 1.165) is 45.2 Å². The lowest BCUT2D eigenvalue weighted by Gasteiger charge is -2.17. The Hall–Kier alpha value is -2.38. The molecule has 3 N–H and O–H groups in total. The van der Waals surface area contributed by atoms with Crippen molar-refractivity contribution in [2.45, 2.75) is 110 Å². The van der Waals surface area contributed by atoms with Gasteiger partial charge < -0.3 is 15.2 Å². The summed E-state index contributed by atoms with van der Waals surface area (Å²) in [5.41, 5.74) is 5.50. The smallest absolute Gasteiger partial charge is 0.221 e. The van der Waals surface area contributed by atoms with Crippen molar-refractivity contribution in [3.8, 4) is 0 Å². The number of rotatable bonds is 22. The maximum absolute atomic E-state index is 12.5. The highest BCUT2D eigenvalue weighted by atomic mass is 16.2. The fourth-order valence-electron chi connectivity index (χ4n) is 4.85. The number of aromatic nitrogens is 1. The van der Waals surface area contributed by atoms with E-state index < -0.39 is 0 Å². The number of carbonyl (C=O) groups excluding carboxylic acids is 2. The number of benzene rings is 1. The van der Waals surface area contributed by atoms with Gasteiger partial charge in [-0.2, -0.15) is 0 Å². The third-order valence-electron chi connectivity index (χ3n) is 7.25. The van der Waals surface area contributed by atoms with E-state index in [1.165, 1.54) is 61.5 Å². The second-order valence-corrected chi connectivity index (χ2v) is 10.5. The standard InChI is InChI=1S/C31H53N5O2/c1-4-5-6-7-8-9-10-11-13-20-30(37)33-22-16-12-17-23-34-31(38)21-24-36-28(26-35(3)32-2)25-27-18-14-15-19-29(27)36/h14-15,18-19,25,32H,4-13,16-17,20-24,26H2,1-3H3,(H,33,37)(H,34,38). The van der Waals surface area contributed by atoms with Gasteiger partial charge in [-0.1, -0.05) is 76.5 Å². The van der Waals surface area contributed by atoms with E-state index >= 15 is 0 Å². The molecule has 0 unspecified atom stereocenters. The highest BCUT2D eigenvalue weighted by molar-refractivity contribution is 5.82. The zero-order chi connectivity index (χ0) is 27.4. The highest BCUT2D eigenvalue weighted by Crippen LogP contribution is 2.21. The first-order valence-corrected chi connectivity index (χ1v) is 15.0. The van der Waals surface area contributed by atoms with Crippen LogP contribution in [0.5, 0.6) is 0 Å². The molecule has 0 aliphatic rings. The van der Waals surface area contributed by atoms with Crippen LogP contribution in [0.4, 0.5) is 0 Å². The molecule has 0 saturated heterocycles. The molecule has 1 heterocycles. The van der Waals surface area contributed by atoms with Gasteiger partial charge in [0.05, 0.1) is 6.54 Å². The van der Waals surface area contributed by atoms with Crippen LogP contribution in [-0.2, 0) is 22.7 Å². The fourth-order valence-corrected chi connectivity index (χ4v) is 4.85. The first-order valence-electron chi connectivity index (χ1n) is 15.0. The summed E-state index contributed by atoms with van der Waals surface area (Å²) in [5, 5.41) is 9.34. The number of hydrogen-bond acceptors (Lipinski definition) is 4. The topological polar surface area (TPSA) is 78.4 Å². The summed E-state index contributed by atoms with van der Waals surface area (Å²) in [6.07, 6.45) is 15.5. The number of nitrogens with one attached hydrogen (secondary N) is 3. The summed E-state index contributed by atoms with van der Waals surface area (Å²) in [7, 11) is 3.92. The Balaban J connectivity index is 1.50. The van der Waals surface area contributed by atoms with Crippen molar-refractivity contribution in [2.24, 2.45) is 0 Å². The third kappa shape index (κ3) is 12.9. The molecule has 7 nitrogen and oxygen atoms in total. The average molecular weight is 528 g/mol. The van der Waals surface area contributed by atoms with Gasteiger partial charge in [-0.15, -0.1) is 0 Å². The molecule has 0 radical (unpaired) electrons. The second kappa shape index (κ2) is 19.7. The Bertz CT molecular complexity index is 926. The van der Waals surface area contributed by atoms with Crippen molar-refractivity contribution in [2.75, 3.05) is 27.2 Å². The van der Waals surface area contributed by atoms with Crippen molar-refractivity contribution >= 4 is 22.7 Å². The lowest BCUT2D eigenvalue weighted by molar-refractivity contribution is -0.122. The lowest BCUT2D eigenvalue weighted by Crippen LogP contribution is -2.31. The maximum atomic E-state index is 12.5. The molecule has 0 fully saturated rings. The van der Waals surface area contributed by atoms with Crippen molar-refractivity contribution < 1.29 is 9.59 Å². The van der Waals surface area contributed by atoms with E-state index in [1.54, 1.807) is 0 Å². The van der Waals surface area contributed by atoms with Crippen LogP contribution in [0.15, 0.2) is 30.3 Å². The number of carbonyl (C=O) groups is 2. The fraction of sp³-hybridized carbons (Fsp3) is 0.677. The number of aryl methyl sites for hydroxylation is 1. The summed E-state index contributed by atoms with van der Waals surface area (Å²) in [4.78, 5) is 24.5. The number of unbranched alkanes of at least 4 members (excludes halogenated alkanes) is 10. The predicted octanol–water partition coefficient (Wildman–Crippen LogP) is 5.92. The van der Waals surface area contributed by atoms with Gasteiger partial charge in [0.15, 0.2) is 0 Å². The van der Waals surface area contributed by atoms with E-state index in [1.807, 2.05) is 25.2 Å². The van der Waals surface area contributed by atoms with Crippen LogP contribution in [-0.4, -0.2) is 48.6 Å². The number of para-hydroxylation sites is 1. The maximum Gasteiger partial charge on any atom is 0.221 e. The van der Waals surface area contributed by atoms with Gasteiger partial charge in [-0.3, -0.25) is 15.0 Å². The molecule has 2 amide bonds. The molecule has 38 heavy (non-hydrogen) atoms. The minimum Gasteiger partial charge on any atom is -0.356 e. The van der Waals surface area contributed by atoms with Gasteiger partial charge in [-0.05, 0) is 50.2 Å². The molecule has 2 aromatic rings. The molecule has 0 aliphatic carbocycles. The van der Waals surface area contributed by atoms with Crippen LogP contribution in [0.25, 0.3) is 10.9 Å². The molecule has 1 aromatic heterocycles. The van der Waals surface area contributed by atoms with Crippen LogP contribution in [0.3, 0.4) is 0 Å². The summed E-state index contributed by atoms with van der Waals surface area (Å²) < 4.78 is 2.25. The number of nitrogens with zero attached hydrogens (tertiary/aromatic N) is 2. The highest BCUT2D eigenvalue weighted by Gasteiger charge is 2.11. The molecular formula is C31H53N5O2. The Labute approximate surface area is 231 Å². The van der Waals surface area contributed by atoms with Crippen molar-refractivity contribution in [3.63, 3.8) is 0 Å². The van der Waals surface area contributed by atoms with Crippen LogP contribution in [0, 0.1) is 0 Å². The van der Waals surface area contributed by atoms with E-state index in [4.69, 9.17) is 0 Å². The van der Waals surface area contributed by atoms with Gasteiger partial charge in [0.25, 0.3) is 0 Å². The summed E-state index contributed by atoms with van der Waals surface area (Å²) in [6, 6.07) is 10.5. The zero-order valence-corrected chi connectivity index (χ0v) is 24.3. The predicted molar refractivity (Wildman–Crippen MR) is 159 cm³/mol. The molecule has 1 aromatic carbocycles. The molecule has 0 saturated carbocycles. The van der Waals surface area contributed by atoms with Crippen molar-refractivity contribution in [1.29, 1.82) is 0 Å². The molecule has 0 aliphatic heterocycles. The Morgan fingerprint density at radius 3 is 2.03 bits per heavy atom. The minimum atomic E-state index is 0.0879. The van der Waals surface area contributed by atoms with Crippen LogP contribution >= 0.6 is 0 Å². The van der Waals surface area contributed by atoms with E-state index in [9.17, 15) is 9.59 Å². The summed E-state index contributed by atoms with van der Waals surface area (Å²) >= 11 is 0. The molecular weight excluding hydrogens is 474 g/mol. The number of hydrazine groups is 1. The summed E-state index contributed by atoms with van der Waals surface area (Å²) in [6.45, 7) is 5.10. The van der Waals surface area contributed by atoms with Gasteiger partial charge >= 0.3 is 0 Å². The molecule has 214 valence electrons. The second-order valence-electron chi connectivity index (χ2n) is 10.5. The average Bonchev–Trinajstić information content (AvgIpc) is 3.26. The van der Waals surface area contributed by atoms with Crippen LogP contribution in [0.1, 0.15) is 103 Å². The molecule has 7 heteroatoms. The Morgan fingerprint density at radius 2 is 1.37 bits per heavy atom. The largest absolute Gasteiger partial charge is 0.356 e. The number of fused-ring (bicyclic) bond motifs is 1. The van der Waals surface area contributed by atoms with Gasteiger partial charge in [-0.25, -0.2) is 5.01 Å². The molecule has 0 bridgehead atoms. The van der Waals surface area contributed by atoms with Crippen molar-refractivity contribution in [3.05, 3.63) is 36.0 Å². The van der Waals surface area contributed by atoms with E-state index in [-0.39, 0.29) is 11.8 Å². The van der Waals surface area contributed by atoms with Crippen molar-refractivity contribution in [1.82, 2.24) is 25.6 Å². The monoisotopic (exact) mass is 527 g/mol. The summed E-state index contributed by atoms with van der Waals surface area (Å²) in [5.74, 6) is 0.268. The Kier molecular flexibility index (Phi) is 16.5. The van der Waals surface area contributed by atoms with E-state index in [0.29, 0.717) is 25.9 Å². The Morgan fingerprint density at radius 1 is 0.789 bits per heavy atom. The van der Waals surface area contributed by atoms with Gasteiger partial charge in [0.1, 0.15) is 0 Å². The molecule has 0 atom stereocenters. The SMILES string of the molecule is CCCCCCCCCCCC(=O)NCCCCCNC(=O)CCn1c(CN(C)NC)cc2ccccc21. The third-order valence-corrected chi connectivity index (χ3v) is 7.25. The molecule has 2 rings (SSSR count). The normalized spacial score (nSPS) is 11.4.